The van der Waals surface area contributed by atoms with Crippen LogP contribution in [0.1, 0.15) is 12.5 Å². The van der Waals surface area contributed by atoms with Gasteiger partial charge in [-0.25, -0.2) is 4.90 Å². The Bertz CT molecular complexity index is 785. The number of carbonyl (C=O) groups excluding carboxylic acids is 2. The first-order valence-electron chi connectivity index (χ1n) is 6.99. The summed E-state index contributed by atoms with van der Waals surface area (Å²) in [7, 11) is 0. The number of nitrogens with zero attached hydrogens (tertiary/aromatic N) is 1. The number of hydrogen-bond acceptors (Lipinski definition) is 2. The summed E-state index contributed by atoms with van der Waals surface area (Å²) in [4.78, 5) is 24.8. The second-order valence-electron chi connectivity index (χ2n) is 5.22. The molecule has 22 heavy (non-hydrogen) atoms. The highest BCUT2D eigenvalue weighted by molar-refractivity contribution is 6.28. The molecule has 0 N–H and O–H groups in total. The quantitative estimate of drug-likeness (QED) is 0.806. The Morgan fingerprint density at radius 3 is 2.18 bits per heavy atom. The summed E-state index contributed by atoms with van der Waals surface area (Å²) in [5, 5.41) is 0. The lowest BCUT2D eigenvalue weighted by atomic mass is 9.95. The molecule has 108 valence electrons. The third-order valence-electron chi connectivity index (χ3n) is 3.62. The largest absolute Gasteiger partial charge is 0.269 e. The first-order chi connectivity index (χ1) is 10.6. The molecule has 0 radical (unpaired) electrons. The molecular formula is C19H15NO2. The zero-order valence-corrected chi connectivity index (χ0v) is 12.2. The van der Waals surface area contributed by atoms with E-state index >= 15 is 0 Å². The van der Waals surface area contributed by atoms with Gasteiger partial charge in [-0.2, -0.15) is 0 Å². The van der Waals surface area contributed by atoms with E-state index in [4.69, 9.17) is 0 Å². The van der Waals surface area contributed by atoms with Crippen LogP contribution in [0.3, 0.4) is 0 Å². The fourth-order valence-corrected chi connectivity index (χ4v) is 2.55. The van der Waals surface area contributed by atoms with Crippen LogP contribution in [-0.2, 0) is 9.59 Å². The van der Waals surface area contributed by atoms with E-state index in [2.05, 4.69) is 6.58 Å². The molecule has 3 rings (SSSR count). The molecule has 0 aromatic heterocycles. The van der Waals surface area contributed by atoms with Gasteiger partial charge >= 0.3 is 0 Å². The highest BCUT2D eigenvalue weighted by Gasteiger charge is 2.25. The van der Waals surface area contributed by atoms with Gasteiger partial charge in [-0.05, 0) is 35.7 Å². The van der Waals surface area contributed by atoms with E-state index in [0.29, 0.717) is 5.69 Å². The Labute approximate surface area is 129 Å². The predicted molar refractivity (Wildman–Crippen MR) is 88.2 cm³/mol. The van der Waals surface area contributed by atoms with Crippen LogP contribution < -0.4 is 4.90 Å². The molecule has 1 heterocycles. The zero-order chi connectivity index (χ0) is 15.7. The Hall–Kier alpha value is -2.94. The highest BCUT2D eigenvalue weighted by atomic mass is 16.2. The Morgan fingerprint density at radius 1 is 0.955 bits per heavy atom. The van der Waals surface area contributed by atoms with Crippen LogP contribution in [0.15, 0.2) is 67.3 Å². The van der Waals surface area contributed by atoms with Crippen molar-refractivity contribution in [2.75, 3.05) is 4.90 Å². The van der Waals surface area contributed by atoms with Crippen LogP contribution in [-0.4, -0.2) is 11.8 Å². The van der Waals surface area contributed by atoms with Crippen LogP contribution in [0.25, 0.3) is 16.7 Å². The number of benzene rings is 2. The van der Waals surface area contributed by atoms with Crippen LogP contribution >= 0.6 is 0 Å². The summed E-state index contributed by atoms with van der Waals surface area (Å²) in [6.07, 6.45) is 2.57. The number of anilines is 1. The Kier molecular flexibility index (Phi) is 3.47. The van der Waals surface area contributed by atoms with Gasteiger partial charge in [0.15, 0.2) is 0 Å². The molecule has 1 aliphatic rings. The molecular weight excluding hydrogens is 274 g/mol. The fourth-order valence-electron chi connectivity index (χ4n) is 2.55. The van der Waals surface area contributed by atoms with E-state index in [0.717, 1.165) is 22.3 Å². The second-order valence-corrected chi connectivity index (χ2v) is 5.22. The van der Waals surface area contributed by atoms with Crippen molar-refractivity contribution in [1.82, 2.24) is 0 Å². The Morgan fingerprint density at radius 2 is 1.59 bits per heavy atom. The summed E-state index contributed by atoms with van der Waals surface area (Å²) in [6.45, 7) is 5.93. The van der Waals surface area contributed by atoms with Crippen molar-refractivity contribution in [3.8, 4) is 11.1 Å². The van der Waals surface area contributed by atoms with Crippen molar-refractivity contribution >= 4 is 23.1 Å². The number of carbonyl (C=O) groups is 2. The minimum absolute atomic E-state index is 0.315. The molecule has 3 heteroatoms. The van der Waals surface area contributed by atoms with E-state index in [1.54, 1.807) is 6.07 Å². The van der Waals surface area contributed by atoms with Gasteiger partial charge in [0.05, 0.1) is 5.69 Å². The van der Waals surface area contributed by atoms with Crippen molar-refractivity contribution in [2.24, 2.45) is 0 Å². The summed E-state index contributed by atoms with van der Waals surface area (Å²) >= 11 is 0. The smallest absolute Gasteiger partial charge is 0.258 e. The maximum atomic E-state index is 11.8. The van der Waals surface area contributed by atoms with Gasteiger partial charge in [-0.1, -0.05) is 48.6 Å². The lowest BCUT2D eigenvalue weighted by Crippen LogP contribution is -2.29. The van der Waals surface area contributed by atoms with Crippen LogP contribution in [0.2, 0.25) is 0 Å². The third kappa shape index (κ3) is 2.37. The van der Waals surface area contributed by atoms with Crippen molar-refractivity contribution < 1.29 is 9.59 Å². The number of allylic oxidation sites excluding steroid dienone is 1. The lowest BCUT2D eigenvalue weighted by molar-refractivity contribution is -0.119. The molecule has 3 nitrogen and oxygen atoms in total. The molecule has 0 bridgehead atoms. The molecule has 1 aliphatic heterocycles. The average molecular weight is 289 g/mol. The highest BCUT2D eigenvalue weighted by Crippen LogP contribution is 2.32. The standard InChI is InChI=1S/C19H15NO2/c1-13(2)17-12-15(20-18(21)10-11-19(20)22)8-9-16(17)14-6-4-3-5-7-14/h3-12H,1H2,2H3. The van der Waals surface area contributed by atoms with Crippen molar-refractivity contribution in [1.29, 1.82) is 0 Å². The number of rotatable bonds is 3. The minimum Gasteiger partial charge on any atom is -0.269 e. The predicted octanol–water partition coefficient (Wildman–Crippen LogP) is 3.82. The maximum absolute atomic E-state index is 11.8. The summed E-state index contributed by atoms with van der Waals surface area (Å²) in [6, 6.07) is 15.5. The first-order valence-corrected chi connectivity index (χ1v) is 6.99. The van der Waals surface area contributed by atoms with E-state index in [-0.39, 0.29) is 11.8 Å². The van der Waals surface area contributed by atoms with Crippen molar-refractivity contribution in [3.05, 3.63) is 72.8 Å². The van der Waals surface area contributed by atoms with E-state index < -0.39 is 0 Å². The SMILES string of the molecule is C=C(C)c1cc(N2C(=O)C=CC2=O)ccc1-c1ccccc1. The molecule has 0 unspecified atom stereocenters. The summed E-state index contributed by atoms with van der Waals surface area (Å²) < 4.78 is 0. The normalized spacial score (nSPS) is 13.8. The molecule has 0 saturated heterocycles. The fraction of sp³-hybridized carbons (Fsp3) is 0.0526. The van der Waals surface area contributed by atoms with Gasteiger partial charge in [-0.15, -0.1) is 0 Å². The van der Waals surface area contributed by atoms with E-state index in [1.807, 2.05) is 49.4 Å². The topological polar surface area (TPSA) is 37.4 Å². The Balaban J connectivity index is 2.11. The summed E-state index contributed by atoms with van der Waals surface area (Å²) in [5.74, 6) is -0.629. The molecule has 0 saturated carbocycles. The van der Waals surface area contributed by atoms with Crippen molar-refractivity contribution in [2.45, 2.75) is 6.92 Å². The third-order valence-corrected chi connectivity index (χ3v) is 3.62. The van der Waals surface area contributed by atoms with Gasteiger partial charge in [0.2, 0.25) is 0 Å². The van der Waals surface area contributed by atoms with Gasteiger partial charge in [0.1, 0.15) is 0 Å². The van der Waals surface area contributed by atoms with Crippen LogP contribution in [0.5, 0.6) is 0 Å². The molecule has 0 spiro atoms. The molecule has 2 aromatic rings. The zero-order valence-electron chi connectivity index (χ0n) is 12.2. The number of hydrogen-bond donors (Lipinski definition) is 0. The van der Waals surface area contributed by atoms with Gasteiger partial charge in [0, 0.05) is 12.2 Å². The van der Waals surface area contributed by atoms with Crippen molar-refractivity contribution in [3.63, 3.8) is 0 Å². The maximum Gasteiger partial charge on any atom is 0.258 e. The van der Waals surface area contributed by atoms with Gasteiger partial charge in [-0.3, -0.25) is 9.59 Å². The van der Waals surface area contributed by atoms with Crippen LogP contribution in [0.4, 0.5) is 5.69 Å². The molecule has 0 fully saturated rings. The lowest BCUT2D eigenvalue weighted by Gasteiger charge is -2.17. The molecule has 2 amide bonds. The first kappa shape index (κ1) is 14.0. The average Bonchev–Trinajstić information content (AvgIpc) is 2.86. The number of amides is 2. The monoisotopic (exact) mass is 289 g/mol. The molecule has 2 aromatic carbocycles. The second kappa shape index (κ2) is 5.45. The number of imide groups is 1. The molecule has 0 aliphatic carbocycles. The van der Waals surface area contributed by atoms with Crippen LogP contribution in [0, 0.1) is 0 Å². The van der Waals surface area contributed by atoms with Gasteiger partial charge in [0.25, 0.3) is 11.8 Å². The molecule has 0 atom stereocenters. The van der Waals surface area contributed by atoms with E-state index in [9.17, 15) is 9.59 Å². The summed E-state index contributed by atoms with van der Waals surface area (Å²) in [5.41, 5.74) is 4.48. The van der Waals surface area contributed by atoms with Gasteiger partial charge < -0.3 is 0 Å². The minimum atomic E-state index is -0.315. The van der Waals surface area contributed by atoms with E-state index in [1.165, 1.54) is 17.1 Å².